The summed E-state index contributed by atoms with van der Waals surface area (Å²) in [6, 6.07) is 0. The highest BCUT2D eigenvalue weighted by molar-refractivity contribution is 6.62. The first-order valence-corrected chi connectivity index (χ1v) is 6.29. The highest BCUT2D eigenvalue weighted by atomic mass is 28.4. The maximum Gasteiger partial charge on any atom is 0.507 e. The molecule has 0 heterocycles. The van der Waals surface area contributed by atoms with Crippen LogP contribution < -0.4 is 0 Å². The van der Waals surface area contributed by atoms with Gasteiger partial charge < -0.3 is 13.3 Å². The van der Waals surface area contributed by atoms with Gasteiger partial charge in [0.05, 0.1) is 0 Å². The molecular weight excluding hydrogens is 184 g/mol. The zero-order chi connectivity index (χ0) is 10.3. The van der Waals surface area contributed by atoms with Crippen LogP contribution in [-0.4, -0.2) is 30.1 Å². The summed E-state index contributed by atoms with van der Waals surface area (Å²) in [6.07, 6.45) is 5.06. The van der Waals surface area contributed by atoms with Gasteiger partial charge in [0.15, 0.2) is 0 Å². The Labute approximate surface area is 82.1 Å². The number of rotatable bonds is 6. The molecule has 0 aliphatic heterocycles. The average Bonchev–Trinajstić information content (AvgIpc) is 2.19. The first kappa shape index (κ1) is 12.8. The van der Waals surface area contributed by atoms with Crippen molar-refractivity contribution in [1.82, 2.24) is 0 Å². The van der Waals surface area contributed by atoms with Crippen molar-refractivity contribution in [2.75, 3.05) is 21.3 Å². The van der Waals surface area contributed by atoms with Crippen LogP contribution in [0, 0.1) is 0 Å². The Morgan fingerprint density at radius 1 is 1.15 bits per heavy atom. The quantitative estimate of drug-likeness (QED) is 0.490. The lowest BCUT2D eigenvalue weighted by atomic mass is 10.3. The maximum absolute atomic E-state index is 5.39. The lowest BCUT2D eigenvalue weighted by molar-refractivity contribution is 0.116. The van der Waals surface area contributed by atoms with Crippen molar-refractivity contribution in [3.8, 4) is 0 Å². The second-order valence-corrected chi connectivity index (χ2v) is 5.93. The standard InChI is InChI=1S/C9H20O3Si/c1-6-8-9(7-2)13(10-3,11-4)12-5/h6,8-9H,7H2,1-5H3/b8-6+. The zero-order valence-corrected chi connectivity index (χ0v) is 10.2. The van der Waals surface area contributed by atoms with Gasteiger partial charge in [-0.3, -0.25) is 0 Å². The molecular formula is C9H20O3Si. The molecule has 78 valence electrons. The zero-order valence-electron chi connectivity index (χ0n) is 9.16. The fraction of sp³-hybridized carbons (Fsp3) is 0.778. The molecule has 0 bridgehead atoms. The summed E-state index contributed by atoms with van der Waals surface area (Å²) in [7, 11) is 2.48. The topological polar surface area (TPSA) is 27.7 Å². The predicted molar refractivity (Wildman–Crippen MR) is 55.6 cm³/mol. The molecule has 4 heteroatoms. The monoisotopic (exact) mass is 204 g/mol. The molecule has 0 aromatic rings. The molecule has 0 spiro atoms. The SMILES string of the molecule is C/C=C/C(CC)[Si](OC)(OC)OC. The fourth-order valence-corrected chi connectivity index (χ4v) is 3.78. The molecule has 0 aromatic carbocycles. The lowest BCUT2D eigenvalue weighted by Crippen LogP contribution is -2.46. The molecule has 0 aromatic heterocycles. The number of hydrogen-bond donors (Lipinski definition) is 0. The molecule has 0 rings (SSSR count). The van der Waals surface area contributed by atoms with Crippen LogP contribution in [-0.2, 0) is 13.3 Å². The molecule has 3 nitrogen and oxygen atoms in total. The summed E-state index contributed by atoms with van der Waals surface area (Å²) in [6.45, 7) is 4.09. The van der Waals surface area contributed by atoms with Crippen LogP contribution in [0.3, 0.4) is 0 Å². The van der Waals surface area contributed by atoms with E-state index in [-0.39, 0.29) is 5.54 Å². The normalized spacial score (nSPS) is 15.2. The minimum atomic E-state index is -2.45. The van der Waals surface area contributed by atoms with Gasteiger partial charge in [0.1, 0.15) is 0 Å². The van der Waals surface area contributed by atoms with Crippen LogP contribution in [0.25, 0.3) is 0 Å². The summed E-state index contributed by atoms with van der Waals surface area (Å²) < 4.78 is 16.2. The Kier molecular flexibility index (Phi) is 6.24. The van der Waals surface area contributed by atoms with Gasteiger partial charge in [0.25, 0.3) is 0 Å². The first-order valence-electron chi connectivity index (χ1n) is 4.49. The van der Waals surface area contributed by atoms with Crippen molar-refractivity contribution in [1.29, 1.82) is 0 Å². The van der Waals surface area contributed by atoms with E-state index in [4.69, 9.17) is 13.3 Å². The van der Waals surface area contributed by atoms with Crippen molar-refractivity contribution in [3.05, 3.63) is 12.2 Å². The Morgan fingerprint density at radius 3 is 1.85 bits per heavy atom. The van der Waals surface area contributed by atoms with Crippen molar-refractivity contribution in [3.63, 3.8) is 0 Å². The minimum Gasteiger partial charge on any atom is -0.376 e. The second kappa shape index (κ2) is 6.31. The summed E-state index contributed by atoms with van der Waals surface area (Å²) in [5.74, 6) is 0. The van der Waals surface area contributed by atoms with E-state index in [0.717, 1.165) is 6.42 Å². The maximum atomic E-state index is 5.39. The van der Waals surface area contributed by atoms with Crippen LogP contribution in [0.1, 0.15) is 20.3 Å². The highest BCUT2D eigenvalue weighted by Crippen LogP contribution is 2.28. The second-order valence-electron chi connectivity index (χ2n) is 2.76. The van der Waals surface area contributed by atoms with Crippen molar-refractivity contribution in [2.45, 2.75) is 25.8 Å². The van der Waals surface area contributed by atoms with Crippen LogP contribution in [0.4, 0.5) is 0 Å². The molecule has 13 heavy (non-hydrogen) atoms. The summed E-state index contributed by atoms with van der Waals surface area (Å²) in [4.78, 5) is 0. The van der Waals surface area contributed by atoms with Gasteiger partial charge in [-0.2, -0.15) is 0 Å². The van der Waals surface area contributed by atoms with Crippen molar-refractivity contribution >= 4 is 8.80 Å². The van der Waals surface area contributed by atoms with Gasteiger partial charge in [-0.25, -0.2) is 0 Å². The molecule has 0 fully saturated rings. The smallest absolute Gasteiger partial charge is 0.376 e. The Hall–Kier alpha value is -0.163. The Morgan fingerprint density at radius 2 is 1.62 bits per heavy atom. The van der Waals surface area contributed by atoms with Crippen LogP contribution in [0.15, 0.2) is 12.2 Å². The molecule has 0 saturated carbocycles. The van der Waals surface area contributed by atoms with E-state index in [1.54, 1.807) is 21.3 Å². The highest BCUT2D eigenvalue weighted by Gasteiger charge is 2.44. The number of allylic oxidation sites excluding steroid dienone is 2. The van der Waals surface area contributed by atoms with Crippen LogP contribution in [0.2, 0.25) is 5.54 Å². The third kappa shape index (κ3) is 2.91. The predicted octanol–water partition coefficient (Wildman–Crippen LogP) is 2.22. The third-order valence-corrected chi connectivity index (χ3v) is 5.39. The van der Waals surface area contributed by atoms with Gasteiger partial charge in [-0.05, 0) is 13.3 Å². The van der Waals surface area contributed by atoms with Crippen LogP contribution in [0.5, 0.6) is 0 Å². The number of hydrogen-bond acceptors (Lipinski definition) is 3. The molecule has 1 atom stereocenters. The summed E-state index contributed by atoms with van der Waals surface area (Å²) >= 11 is 0. The van der Waals surface area contributed by atoms with Gasteiger partial charge in [-0.1, -0.05) is 19.1 Å². The lowest BCUT2D eigenvalue weighted by Gasteiger charge is -2.29. The van der Waals surface area contributed by atoms with E-state index < -0.39 is 8.80 Å². The Balaban J connectivity index is 4.65. The van der Waals surface area contributed by atoms with Gasteiger partial charge in [-0.15, -0.1) is 0 Å². The van der Waals surface area contributed by atoms with E-state index in [9.17, 15) is 0 Å². The first-order chi connectivity index (χ1) is 6.20. The van der Waals surface area contributed by atoms with Crippen molar-refractivity contribution < 1.29 is 13.3 Å². The molecule has 0 aliphatic carbocycles. The van der Waals surface area contributed by atoms with Gasteiger partial charge in [0, 0.05) is 26.9 Å². The van der Waals surface area contributed by atoms with Gasteiger partial charge >= 0.3 is 8.80 Å². The summed E-state index contributed by atoms with van der Waals surface area (Å²) in [5.41, 5.74) is 0.248. The molecule has 0 N–H and O–H groups in total. The molecule has 0 amide bonds. The molecule has 0 radical (unpaired) electrons. The molecule has 0 aliphatic rings. The minimum absolute atomic E-state index is 0.248. The summed E-state index contributed by atoms with van der Waals surface area (Å²) in [5, 5.41) is 0. The van der Waals surface area contributed by atoms with Crippen LogP contribution >= 0.6 is 0 Å². The van der Waals surface area contributed by atoms with E-state index >= 15 is 0 Å². The van der Waals surface area contributed by atoms with E-state index in [2.05, 4.69) is 13.0 Å². The van der Waals surface area contributed by atoms with E-state index in [1.165, 1.54) is 0 Å². The third-order valence-electron chi connectivity index (χ3n) is 2.17. The van der Waals surface area contributed by atoms with Crippen molar-refractivity contribution in [2.24, 2.45) is 0 Å². The molecule has 1 unspecified atom stereocenters. The largest absolute Gasteiger partial charge is 0.507 e. The van der Waals surface area contributed by atoms with Gasteiger partial charge in [0.2, 0.25) is 0 Å². The fourth-order valence-electron chi connectivity index (χ4n) is 1.44. The molecule has 0 saturated heterocycles. The van der Waals surface area contributed by atoms with E-state index in [1.807, 2.05) is 13.0 Å². The average molecular weight is 204 g/mol. The van der Waals surface area contributed by atoms with E-state index in [0.29, 0.717) is 0 Å². The Bertz CT molecular complexity index is 147.